The molecule has 3 aromatic rings. The molecule has 0 radical (unpaired) electrons. The van der Waals surface area contributed by atoms with Crippen LogP contribution in [-0.4, -0.2) is 15.7 Å². The number of piperidine rings is 1. The summed E-state index contributed by atoms with van der Waals surface area (Å²) < 4.78 is 1.72. The Hall–Kier alpha value is -2.56. The molecule has 1 saturated heterocycles. The number of benzene rings is 2. The van der Waals surface area contributed by atoms with Crippen molar-refractivity contribution in [2.75, 3.05) is 4.90 Å². The maximum Gasteiger partial charge on any atom is 0.233 e. The second-order valence-corrected chi connectivity index (χ2v) is 9.34. The Morgan fingerprint density at radius 2 is 1.90 bits per heavy atom. The van der Waals surface area contributed by atoms with E-state index in [1.54, 1.807) is 10.9 Å². The molecule has 1 amide bonds. The number of rotatable bonds is 5. The number of aryl methyl sites for hydroxylation is 1. The molecule has 31 heavy (non-hydrogen) atoms. The minimum Gasteiger partial charge on any atom is -0.301 e. The van der Waals surface area contributed by atoms with Crippen LogP contribution in [-0.2, 0) is 11.8 Å². The number of carbonyl (C=O) groups excluding carboxylic acids is 1. The highest BCUT2D eigenvalue weighted by Gasteiger charge is 2.50. The summed E-state index contributed by atoms with van der Waals surface area (Å²) in [5.74, 6) is 0.0985. The molecule has 3 atom stereocenters. The second-order valence-electron chi connectivity index (χ2n) is 8.46. The maximum atomic E-state index is 13.9. The Morgan fingerprint density at radius 1 is 1.16 bits per heavy atom. The zero-order chi connectivity index (χ0) is 22.2. The molecule has 0 N–H and O–H groups in total. The van der Waals surface area contributed by atoms with Gasteiger partial charge in [-0.05, 0) is 48.2 Å². The van der Waals surface area contributed by atoms with Crippen LogP contribution in [0.15, 0.2) is 73.6 Å². The first-order chi connectivity index (χ1) is 14.8. The molecule has 1 aliphatic heterocycles. The van der Waals surface area contributed by atoms with E-state index >= 15 is 0 Å². The van der Waals surface area contributed by atoms with Crippen LogP contribution in [0.4, 0.5) is 5.69 Å². The van der Waals surface area contributed by atoms with Crippen LogP contribution < -0.4 is 4.90 Å². The highest BCUT2D eigenvalue weighted by Crippen LogP contribution is 2.52. The molecule has 6 heteroatoms. The van der Waals surface area contributed by atoms with Crippen LogP contribution in [0.3, 0.4) is 0 Å². The van der Waals surface area contributed by atoms with Crippen LogP contribution in [0.2, 0.25) is 10.0 Å². The van der Waals surface area contributed by atoms with Gasteiger partial charge in [0.1, 0.15) is 0 Å². The molecule has 1 aromatic heterocycles. The van der Waals surface area contributed by atoms with Gasteiger partial charge in [-0.15, -0.1) is 6.58 Å². The van der Waals surface area contributed by atoms with E-state index in [9.17, 15) is 4.79 Å². The molecule has 0 saturated carbocycles. The lowest BCUT2D eigenvalue weighted by molar-refractivity contribution is -0.131. The maximum absolute atomic E-state index is 13.9. The van der Waals surface area contributed by atoms with Crippen LogP contribution >= 0.6 is 23.2 Å². The van der Waals surface area contributed by atoms with Crippen LogP contribution in [0.25, 0.3) is 0 Å². The Bertz CT molecular complexity index is 1110. The lowest BCUT2D eigenvalue weighted by Crippen LogP contribution is -2.52. The zero-order valence-corrected chi connectivity index (χ0v) is 19.1. The van der Waals surface area contributed by atoms with Gasteiger partial charge >= 0.3 is 0 Å². The summed E-state index contributed by atoms with van der Waals surface area (Å²) in [4.78, 5) is 15.8. The number of allylic oxidation sites excluding steroid dienone is 1. The fourth-order valence-corrected chi connectivity index (χ4v) is 4.98. The molecule has 1 fully saturated rings. The number of aromatic nitrogens is 2. The number of hydrogen-bond donors (Lipinski definition) is 0. The van der Waals surface area contributed by atoms with Crippen LogP contribution in [0.5, 0.6) is 0 Å². The van der Waals surface area contributed by atoms with Gasteiger partial charge in [-0.3, -0.25) is 9.48 Å². The van der Waals surface area contributed by atoms with E-state index in [-0.39, 0.29) is 17.9 Å². The molecule has 160 valence electrons. The Labute approximate surface area is 193 Å². The number of amides is 1. The molecular weight excluding hydrogens is 429 g/mol. The lowest BCUT2D eigenvalue weighted by atomic mass is 9.67. The zero-order valence-electron chi connectivity index (χ0n) is 17.6. The lowest BCUT2D eigenvalue weighted by Gasteiger charge is -2.48. The summed E-state index contributed by atoms with van der Waals surface area (Å²) in [5, 5.41) is 5.68. The number of anilines is 1. The Kier molecular flexibility index (Phi) is 5.96. The van der Waals surface area contributed by atoms with Gasteiger partial charge in [0, 0.05) is 29.2 Å². The van der Waals surface area contributed by atoms with Crippen molar-refractivity contribution in [2.24, 2.45) is 12.5 Å². The quantitative estimate of drug-likeness (QED) is 0.409. The first kappa shape index (κ1) is 21.7. The third kappa shape index (κ3) is 4.15. The summed E-state index contributed by atoms with van der Waals surface area (Å²) >= 11 is 12.5. The molecule has 2 heterocycles. The standard InChI is InChI=1S/C25H25Cl2N3O/c1-4-12-25(2)14-22(18-6-5-7-20(27)13-18)23(17-8-10-19(26)11-9-17)30(24(25)31)21-15-28-29(3)16-21/h4-11,13,15-16,22-23H,1,12,14H2,2-3H3. The fourth-order valence-electron chi connectivity index (χ4n) is 4.66. The van der Waals surface area contributed by atoms with Gasteiger partial charge in [0.2, 0.25) is 5.91 Å². The molecule has 4 rings (SSSR count). The number of carbonyl (C=O) groups is 1. The summed E-state index contributed by atoms with van der Waals surface area (Å²) in [6.45, 7) is 5.94. The van der Waals surface area contributed by atoms with Crippen molar-refractivity contribution in [1.82, 2.24) is 9.78 Å². The van der Waals surface area contributed by atoms with Gasteiger partial charge < -0.3 is 4.90 Å². The first-order valence-electron chi connectivity index (χ1n) is 10.3. The van der Waals surface area contributed by atoms with Gasteiger partial charge in [0.05, 0.1) is 23.3 Å². The first-order valence-corrected chi connectivity index (χ1v) is 11.0. The average molecular weight is 454 g/mol. The topological polar surface area (TPSA) is 38.1 Å². The highest BCUT2D eigenvalue weighted by molar-refractivity contribution is 6.30. The van der Waals surface area contributed by atoms with Crippen LogP contribution in [0.1, 0.15) is 42.9 Å². The van der Waals surface area contributed by atoms with E-state index in [1.165, 1.54) is 0 Å². The minimum atomic E-state index is -0.590. The third-order valence-electron chi connectivity index (χ3n) is 6.12. The number of halogens is 2. The van der Waals surface area contributed by atoms with E-state index in [0.717, 1.165) is 16.8 Å². The van der Waals surface area contributed by atoms with Gasteiger partial charge in [-0.2, -0.15) is 5.10 Å². The molecule has 4 nitrogen and oxygen atoms in total. The molecular formula is C25H25Cl2N3O. The largest absolute Gasteiger partial charge is 0.301 e. The minimum absolute atomic E-state index is 0.0303. The molecule has 0 bridgehead atoms. The monoisotopic (exact) mass is 453 g/mol. The van der Waals surface area contributed by atoms with Gasteiger partial charge in [0.25, 0.3) is 0 Å². The smallest absolute Gasteiger partial charge is 0.233 e. The van der Waals surface area contributed by atoms with Crippen molar-refractivity contribution in [3.05, 3.63) is 94.8 Å². The van der Waals surface area contributed by atoms with Crippen molar-refractivity contribution in [3.63, 3.8) is 0 Å². The molecule has 3 unspecified atom stereocenters. The Balaban J connectivity index is 1.93. The predicted octanol–water partition coefficient (Wildman–Crippen LogP) is 6.57. The second kappa shape index (κ2) is 8.52. The van der Waals surface area contributed by atoms with Gasteiger partial charge in [-0.1, -0.05) is 60.5 Å². The number of nitrogens with zero attached hydrogens (tertiary/aromatic N) is 3. The van der Waals surface area contributed by atoms with Crippen molar-refractivity contribution in [2.45, 2.75) is 31.7 Å². The van der Waals surface area contributed by atoms with E-state index in [0.29, 0.717) is 22.9 Å². The van der Waals surface area contributed by atoms with Gasteiger partial charge in [-0.25, -0.2) is 0 Å². The van der Waals surface area contributed by atoms with Crippen molar-refractivity contribution >= 4 is 34.8 Å². The average Bonchev–Trinajstić information content (AvgIpc) is 3.16. The van der Waals surface area contributed by atoms with Crippen molar-refractivity contribution in [1.29, 1.82) is 0 Å². The molecule has 2 aromatic carbocycles. The predicted molar refractivity (Wildman–Crippen MR) is 127 cm³/mol. The van der Waals surface area contributed by atoms with E-state index in [4.69, 9.17) is 23.2 Å². The molecule has 0 spiro atoms. The van der Waals surface area contributed by atoms with Gasteiger partial charge in [0.15, 0.2) is 0 Å². The summed E-state index contributed by atoms with van der Waals surface area (Å²) in [7, 11) is 1.85. The fraction of sp³-hybridized carbons (Fsp3) is 0.280. The Morgan fingerprint density at radius 3 is 2.52 bits per heavy atom. The number of hydrogen-bond acceptors (Lipinski definition) is 2. The summed E-state index contributed by atoms with van der Waals surface area (Å²) in [6.07, 6.45) is 6.73. The normalized spacial score (nSPS) is 23.7. The van der Waals surface area contributed by atoms with Crippen molar-refractivity contribution in [3.8, 4) is 0 Å². The van der Waals surface area contributed by atoms with E-state index in [2.05, 4.69) is 17.7 Å². The molecule has 0 aliphatic carbocycles. The summed E-state index contributed by atoms with van der Waals surface area (Å²) in [5.41, 5.74) is 2.30. The van der Waals surface area contributed by atoms with Crippen molar-refractivity contribution < 1.29 is 4.79 Å². The third-order valence-corrected chi connectivity index (χ3v) is 6.60. The highest BCUT2D eigenvalue weighted by atomic mass is 35.5. The molecule has 1 aliphatic rings. The van der Waals surface area contributed by atoms with E-state index in [1.807, 2.05) is 73.6 Å². The van der Waals surface area contributed by atoms with Crippen LogP contribution in [0, 0.1) is 5.41 Å². The summed E-state index contributed by atoms with van der Waals surface area (Å²) in [6, 6.07) is 15.4. The SMILES string of the molecule is C=CCC1(C)CC(c2cccc(Cl)c2)C(c2ccc(Cl)cc2)N(c2cnn(C)c2)C1=O. The van der Waals surface area contributed by atoms with E-state index < -0.39 is 5.41 Å².